The van der Waals surface area contributed by atoms with Gasteiger partial charge in [0.2, 0.25) is 0 Å². The number of benzene rings is 2. The SMILES string of the molecule is CCOC(=O)c1ccc2c(c1)[C@@H]1C=CC[C@@H]1[C@H](c1ccc(F)cc1)N2. The van der Waals surface area contributed by atoms with Crippen molar-refractivity contribution in [3.63, 3.8) is 0 Å². The highest BCUT2D eigenvalue weighted by Gasteiger charge is 2.38. The molecule has 1 heterocycles. The Hall–Kier alpha value is -2.62. The highest BCUT2D eigenvalue weighted by molar-refractivity contribution is 5.90. The molecule has 0 saturated carbocycles. The third-order valence-electron chi connectivity index (χ3n) is 5.10. The molecular formula is C21H20FNO2. The fourth-order valence-electron chi connectivity index (χ4n) is 3.94. The number of hydrogen-bond donors (Lipinski definition) is 1. The van der Waals surface area contributed by atoms with Crippen molar-refractivity contribution in [2.45, 2.75) is 25.3 Å². The van der Waals surface area contributed by atoms with Crippen molar-refractivity contribution in [2.24, 2.45) is 5.92 Å². The normalized spacial score (nSPS) is 23.5. The zero-order valence-electron chi connectivity index (χ0n) is 14.0. The van der Waals surface area contributed by atoms with Gasteiger partial charge < -0.3 is 10.1 Å². The van der Waals surface area contributed by atoms with Gasteiger partial charge in [-0.15, -0.1) is 0 Å². The fraction of sp³-hybridized carbons (Fsp3) is 0.286. The maximum absolute atomic E-state index is 13.3. The van der Waals surface area contributed by atoms with Crippen LogP contribution in [0.4, 0.5) is 10.1 Å². The predicted molar refractivity (Wildman–Crippen MR) is 95.2 cm³/mol. The second-order valence-corrected chi connectivity index (χ2v) is 6.55. The van der Waals surface area contributed by atoms with Crippen LogP contribution < -0.4 is 5.32 Å². The van der Waals surface area contributed by atoms with Crippen LogP contribution in [0.1, 0.15) is 46.8 Å². The van der Waals surface area contributed by atoms with Crippen molar-refractivity contribution in [1.29, 1.82) is 0 Å². The molecular weight excluding hydrogens is 317 g/mol. The summed E-state index contributed by atoms with van der Waals surface area (Å²) in [4.78, 5) is 12.0. The lowest BCUT2D eigenvalue weighted by atomic mass is 9.76. The fourth-order valence-corrected chi connectivity index (χ4v) is 3.94. The van der Waals surface area contributed by atoms with Crippen LogP contribution in [0.2, 0.25) is 0 Å². The molecule has 0 amide bonds. The Kier molecular flexibility index (Phi) is 4.04. The molecule has 2 aromatic rings. The van der Waals surface area contributed by atoms with Crippen molar-refractivity contribution in [3.05, 3.63) is 77.1 Å². The molecule has 4 heteroatoms. The van der Waals surface area contributed by atoms with Crippen LogP contribution in [0.15, 0.2) is 54.6 Å². The molecule has 25 heavy (non-hydrogen) atoms. The molecule has 0 aromatic heterocycles. The lowest BCUT2D eigenvalue weighted by molar-refractivity contribution is 0.0526. The van der Waals surface area contributed by atoms with Gasteiger partial charge in [-0.1, -0.05) is 24.3 Å². The molecule has 3 nitrogen and oxygen atoms in total. The first-order valence-electron chi connectivity index (χ1n) is 8.67. The standard InChI is InChI=1S/C21H20FNO2/c1-2-25-21(24)14-8-11-19-18(12-14)16-4-3-5-17(16)20(23-19)13-6-9-15(22)10-7-13/h3-4,6-12,16-17,20,23H,2,5H2,1H3/t16-,17+,20+/m1/s1. The number of hydrogen-bond acceptors (Lipinski definition) is 3. The van der Waals surface area contributed by atoms with E-state index in [4.69, 9.17) is 4.74 Å². The summed E-state index contributed by atoms with van der Waals surface area (Å²) in [5, 5.41) is 3.59. The Labute approximate surface area is 146 Å². The summed E-state index contributed by atoms with van der Waals surface area (Å²) in [6.45, 7) is 2.17. The van der Waals surface area contributed by atoms with Crippen LogP contribution in [0.3, 0.4) is 0 Å². The van der Waals surface area contributed by atoms with Gasteiger partial charge >= 0.3 is 5.97 Å². The van der Waals surface area contributed by atoms with Crippen molar-refractivity contribution < 1.29 is 13.9 Å². The highest BCUT2D eigenvalue weighted by atomic mass is 19.1. The van der Waals surface area contributed by atoms with E-state index in [2.05, 4.69) is 17.5 Å². The van der Waals surface area contributed by atoms with Gasteiger partial charge in [0.1, 0.15) is 5.82 Å². The monoisotopic (exact) mass is 337 g/mol. The van der Waals surface area contributed by atoms with E-state index in [0.717, 1.165) is 23.2 Å². The first-order valence-corrected chi connectivity index (χ1v) is 8.67. The lowest BCUT2D eigenvalue weighted by Gasteiger charge is -2.37. The second-order valence-electron chi connectivity index (χ2n) is 6.55. The quantitative estimate of drug-likeness (QED) is 0.644. The largest absolute Gasteiger partial charge is 0.462 e. The van der Waals surface area contributed by atoms with E-state index >= 15 is 0 Å². The molecule has 1 aliphatic carbocycles. The average Bonchev–Trinajstić information content (AvgIpc) is 3.11. The molecule has 0 radical (unpaired) electrons. The van der Waals surface area contributed by atoms with Crippen LogP contribution in [0, 0.1) is 11.7 Å². The maximum Gasteiger partial charge on any atom is 0.338 e. The summed E-state index contributed by atoms with van der Waals surface area (Å²) in [6.07, 6.45) is 5.37. The summed E-state index contributed by atoms with van der Waals surface area (Å²) in [5.74, 6) is 0.0979. The van der Waals surface area contributed by atoms with Gasteiger partial charge in [0.05, 0.1) is 18.2 Å². The Morgan fingerprint density at radius 2 is 2.04 bits per heavy atom. The molecule has 1 N–H and O–H groups in total. The maximum atomic E-state index is 13.3. The molecule has 0 spiro atoms. The first kappa shape index (κ1) is 15.9. The molecule has 2 aromatic carbocycles. The minimum atomic E-state index is -0.288. The van der Waals surface area contributed by atoms with Crippen molar-refractivity contribution >= 4 is 11.7 Å². The number of carbonyl (C=O) groups is 1. The number of anilines is 1. The highest BCUT2D eigenvalue weighted by Crippen LogP contribution is 2.49. The van der Waals surface area contributed by atoms with Gasteiger partial charge in [0.15, 0.2) is 0 Å². The zero-order valence-corrected chi connectivity index (χ0v) is 14.0. The van der Waals surface area contributed by atoms with E-state index in [1.54, 1.807) is 13.0 Å². The van der Waals surface area contributed by atoms with Crippen LogP contribution >= 0.6 is 0 Å². The number of halogens is 1. The van der Waals surface area contributed by atoms with Gasteiger partial charge in [-0.2, -0.15) is 0 Å². The average molecular weight is 337 g/mol. The Bertz CT molecular complexity index is 828. The minimum Gasteiger partial charge on any atom is -0.462 e. The van der Waals surface area contributed by atoms with E-state index in [0.29, 0.717) is 18.1 Å². The Morgan fingerprint density at radius 1 is 1.24 bits per heavy atom. The second kappa shape index (κ2) is 6.36. The third-order valence-corrected chi connectivity index (χ3v) is 5.10. The number of rotatable bonds is 3. The molecule has 3 atom stereocenters. The van der Waals surface area contributed by atoms with Gasteiger partial charge in [-0.3, -0.25) is 0 Å². The minimum absolute atomic E-state index is 0.126. The summed E-state index contributed by atoms with van der Waals surface area (Å²) in [6, 6.07) is 12.5. The summed E-state index contributed by atoms with van der Waals surface area (Å²) in [5.41, 5.74) is 3.82. The summed E-state index contributed by atoms with van der Waals surface area (Å²) in [7, 11) is 0. The van der Waals surface area contributed by atoms with E-state index in [9.17, 15) is 9.18 Å². The number of fused-ring (bicyclic) bond motifs is 3. The topological polar surface area (TPSA) is 38.3 Å². The molecule has 2 aliphatic rings. The number of esters is 1. The molecule has 0 fully saturated rings. The van der Waals surface area contributed by atoms with Crippen LogP contribution in [0.5, 0.6) is 0 Å². The molecule has 0 bridgehead atoms. The van der Waals surface area contributed by atoms with Gasteiger partial charge in [-0.05, 0) is 60.7 Å². The van der Waals surface area contributed by atoms with Gasteiger partial charge in [0.25, 0.3) is 0 Å². The van der Waals surface area contributed by atoms with Gasteiger partial charge in [0, 0.05) is 11.6 Å². The first-order chi connectivity index (χ1) is 12.2. The van der Waals surface area contributed by atoms with E-state index in [1.807, 2.05) is 24.3 Å². The number of nitrogens with one attached hydrogen (secondary N) is 1. The van der Waals surface area contributed by atoms with E-state index in [-0.39, 0.29) is 23.7 Å². The van der Waals surface area contributed by atoms with Gasteiger partial charge in [-0.25, -0.2) is 9.18 Å². The molecule has 1 aliphatic heterocycles. The van der Waals surface area contributed by atoms with E-state index in [1.165, 1.54) is 12.1 Å². The Balaban J connectivity index is 1.71. The van der Waals surface area contributed by atoms with Crippen LogP contribution in [0.25, 0.3) is 0 Å². The lowest BCUT2D eigenvalue weighted by Crippen LogP contribution is -2.29. The molecule has 0 unspecified atom stereocenters. The van der Waals surface area contributed by atoms with E-state index < -0.39 is 0 Å². The van der Waals surface area contributed by atoms with Crippen LogP contribution in [-0.2, 0) is 4.74 Å². The molecule has 128 valence electrons. The third kappa shape index (κ3) is 2.82. The zero-order chi connectivity index (χ0) is 17.4. The molecule has 0 saturated heterocycles. The van der Waals surface area contributed by atoms with Crippen molar-refractivity contribution in [1.82, 2.24) is 0 Å². The number of carbonyl (C=O) groups excluding carboxylic acids is 1. The Morgan fingerprint density at radius 3 is 2.80 bits per heavy atom. The van der Waals surface area contributed by atoms with Crippen LogP contribution in [-0.4, -0.2) is 12.6 Å². The van der Waals surface area contributed by atoms with Crippen molar-refractivity contribution in [2.75, 3.05) is 11.9 Å². The smallest absolute Gasteiger partial charge is 0.338 e. The summed E-state index contributed by atoms with van der Waals surface area (Å²) >= 11 is 0. The predicted octanol–water partition coefficient (Wildman–Crippen LogP) is 4.83. The molecule has 4 rings (SSSR count). The number of ether oxygens (including phenoxy) is 1. The summed E-state index contributed by atoms with van der Waals surface area (Å²) < 4.78 is 18.4. The number of allylic oxidation sites excluding steroid dienone is 2. The van der Waals surface area contributed by atoms with Crippen molar-refractivity contribution in [3.8, 4) is 0 Å².